The summed E-state index contributed by atoms with van der Waals surface area (Å²) >= 11 is 6.72. The zero-order valence-electron chi connectivity index (χ0n) is 9.99. The molecule has 0 heterocycles. The second-order valence-corrected chi connectivity index (χ2v) is 5.88. The number of nitrogens with two attached hydrogens (primary N) is 1. The molecule has 0 aliphatic heterocycles. The maximum atomic E-state index is 12.1. The van der Waals surface area contributed by atoms with Gasteiger partial charge in [-0.25, -0.2) is 0 Å². The molecule has 19 heavy (non-hydrogen) atoms. The smallest absolute Gasteiger partial charge is 0.253 e. The first-order chi connectivity index (χ1) is 9.06. The molecule has 0 spiro atoms. The molecule has 0 aliphatic carbocycles. The molecule has 0 saturated carbocycles. The number of nitrogens with one attached hydrogen (secondary N) is 1. The summed E-state index contributed by atoms with van der Waals surface area (Å²) in [5, 5.41) is 2.85. The van der Waals surface area contributed by atoms with Crippen LogP contribution in [0.1, 0.15) is 15.9 Å². The minimum Gasteiger partial charge on any atom is -0.398 e. The first-order valence-electron chi connectivity index (χ1n) is 5.64. The molecule has 98 valence electrons. The van der Waals surface area contributed by atoms with Crippen molar-refractivity contribution >= 4 is 43.5 Å². The molecule has 0 radical (unpaired) electrons. The highest BCUT2D eigenvalue weighted by Gasteiger charge is 2.09. The highest BCUT2D eigenvalue weighted by Crippen LogP contribution is 2.18. The Labute approximate surface area is 128 Å². The molecular weight excluding hydrogens is 372 g/mol. The number of rotatable bonds is 3. The number of carbonyl (C=O) groups excluding carboxylic acids is 1. The van der Waals surface area contributed by atoms with Crippen molar-refractivity contribution in [2.45, 2.75) is 6.54 Å². The molecule has 2 rings (SSSR count). The molecule has 2 aromatic rings. The second kappa shape index (κ2) is 6.21. The summed E-state index contributed by atoms with van der Waals surface area (Å²) in [6, 6.07) is 13.0. The van der Waals surface area contributed by atoms with Gasteiger partial charge in [-0.15, -0.1) is 0 Å². The Bertz CT molecular complexity index is 614. The molecule has 1 amide bonds. The van der Waals surface area contributed by atoms with Gasteiger partial charge in [-0.3, -0.25) is 4.79 Å². The van der Waals surface area contributed by atoms with E-state index >= 15 is 0 Å². The number of amides is 1. The monoisotopic (exact) mass is 382 g/mol. The van der Waals surface area contributed by atoms with E-state index in [1.165, 1.54) is 0 Å². The number of nitrogen functional groups attached to an aromatic ring is 1. The van der Waals surface area contributed by atoms with Gasteiger partial charge in [0.2, 0.25) is 0 Å². The fourth-order valence-corrected chi connectivity index (χ4v) is 2.46. The van der Waals surface area contributed by atoms with Gasteiger partial charge in [0.25, 0.3) is 5.91 Å². The summed E-state index contributed by atoms with van der Waals surface area (Å²) in [6.45, 7) is 0.463. The van der Waals surface area contributed by atoms with Gasteiger partial charge < -0.3 is 11.1 Å². The lowest BCUT2D eigenvalue weighted by Crippen LogP contribution is -2.23. The lowest BCUT2D eigenvalue weighted by atomic mass is 10.1. The third kappa shape index (κ3) is 3.81. The maximum absolute atomic E-state index is 12.1. The normalized spacial score (nSPS) is 10.2. The van der Waals surface area contributed by atoms with Crippen molar-refractivity contribution < 1.29 is 4.79 Å². The quantitative estimate of drug-likeness (QED) is 0.793. The van der Waals surface area contributed by atoms with Gasteiger partial charge in [-0.05, 0) is 35.9 Å². The van der Waals surface area contributed by atoms with Crippen LogP contribution in [0.4, 0.5) is 5.69 Å². The van der Waals surface area contributed by atoms with E-state index in [1.54, 1.807) is 18.2 Å². The van der Waals surface area contributed by atoms with Crippen LogP contribution in [0.2, 0.25) is 0 Å². The molecule has 0 aromatic heterocycles. The van der Waals surface area contributed by atoms with Crippen molar-refractivity contribution in [3.8, 4) is 0 Å². The number of anilines is 1. The average molecular weight is 384 g/mol. The van der Waals surface area contributed by atoms with Gasteiger partial charge >= 0.3 is 0 Å². The van der Waals surface area contributed by atoms with Crippen LogP contribution in [0.3, 0.4) is 0 Å². The Morgan fingerprint density at radius 1 is 1.11 bits per heavy atom. The van der Waals surface area contributed by atoms with E-state index in [4.69, 9.17) is 5.73 Å². The fraction of sp³-hybridized carbons (Fsp3) is 0.0714. The Balaban J connectivity index is 2.07. The van der Waals surface area contributed by atoms with E-state index in [0.29, 0.717) is 17.8 Å². The minimum absolute atomic E-state index is 0.182. The summed E-state index contributed by atoms with van der Waals surface area (Å²) in [5.74, 6) is -0.182. The van der Waals surface area contributed by atoms with Crippen LogP contribution in [0.15, 0.2) is 51.4 Å². The zero-order chi connectivity index (χ0) is 13.8. The first kappa shape index (κ1) is 14.1. The van der Waals surface area contributed by atoms with Crippen LogP contribution in [0.25, 0.3) is 0 Å². The van der Waals surface area contributed by atoms with Crippen molar-refractivity contribution in [2.75, 3.05) is 5.73 Å². The minimum atomic E-state index is -0.182. The van der Waals surface area contributed by atoms with Gasteiger partial charge in [0.15, 0.2) is 0 Å². The third-order valence-electron chi connectivity index (χ3n) is 2.60. The van der Waals surface area contributed by atoms with E-state index in [9.17, 15) is 4.79 Å². The molecule has 0 saturated heterocycles. The van der Waals surface area contributed by atoms with Crippen molar-refractivity contribution in [2.24, 2.45) is 0 Å². The van der Waals surface area contributed by atoms with Crippen molar-refractivity contribution in [1.82, 2.24) is 5.32 Å². The average Bonchev–Trinajstić information content (AvgIpc) is 2.39. The van der Waals surface area contributed by atoms with E-state index in [1.807, 2.05) is 24.3 Å². The lowest BCUT2D eigenvalue weighted by Gasteiger charge is -2.08. The van der Waals surface area contributed by atoms with Crippen LogP contribution in [0, 0.1) is 0 Å². The van der Waals surface area contributed by atoms with E-state index < -0.39 is 0 Å². The second-order valence-electron chi connectivity index (χ2n) is 4.04. The molecule has 0 fully saturated rings. The molecule has 2 aromatic carbocycles. The molecule has 0 atom stereocenters. The SMILES string of the molecule is Nc1ccc(Br)cc1C(=O)NCc1cccc(Br)c1. The highest BCUT2D eigenvalue weighted by molar-refractivity contribution is 9.10. The molecule has 3 nitrogen and oxygen atoms in total. The number of carbonyl (C=O) groups is 1. The summed E-state index contributed by atoms with van der Waals surface area (Å²) in [4.78, 5) is 12.1. The summed E-state index contributed by atoms with van der Waals surface area (Å²) in [5.41, 5.74) is 7.76. The predicted molar refractivity (Wildman–Crippen MR) is 83.9 cm³/mol. The van der Waals surface area contributed by atoms with Gasteiger partial charge in [-0.1, -0.05) is 44.0 Å². The first-order valence-corrected chi connectivity index (χ1v) is 7.22. The highest BCUT2D eigenvalue weighted by atomic mass is 79.9. The number of halogens is 2. The molecule has 0 aliphatic rings. The van der Waals surface area contributed by atoms with Crippen LogP contribution >= 0.6 is 31.9 Å². The van der Waals surface area contributed by atoms with Gasteiger partial charge in [0.05, 0.1) is 5.56 Å². The van der Waals surface area contributed by atoms with Crippen molar-refractivity contribution in [3.05, 3.63) is 62.5 Å². The largest absolute Gasteiger partial charge is 0.398 e. The van der Waals surface area contributed by atoms with E-state index in [-0.39, 0.29) is 5.91 Å². The van der Waals surface area contributed by atoms with Crippen LogP contribution in [-0.2, 0) is 6.54 Å². The molecule has 0 bridgehead atoms. The van der Waals surface area contributed by atoms with Crippen LogP contribution in [0.5, 0.6) is 0 Å². The number of benzene rings is 2. The van der Waals surface area contributed by atoms with Crippen LogP contribution in [-0.4, -0.2) is 5.91 Å². The Morgan fingerprint density at radius 2 is 1.84 bits per heavy atom. The van der Waals surface area contributed by atoms with E-state index in [0.717, 1.165) is 14.5 Å². The van der Waals surface area contributed by atoms with Gasteiger partial charge in [0.1, 0.15) is 0 Å². The molecule has 3 N–H and O–H groups in total. The third-order valence-corrected chi connectivity index (χ3v) is 3.59. The summed E-state index contributed by atoms with van der Waals surface area (Å²) in [6.07, 6.45) is 0. The van der Waals surface area contributed by atoms with Crippen LogP contribution < -0.4 is 11.1 Å². The number of hydrogen-bond acceptors (Lipinski definition) is 2. The molecular formula is C14H12Br2N2O. The standard InChI is InChI=1S/C14H12Br2N2O/c15-10-3-1-2-9(6-10)8-18-14(19)12-7-11(16)4-5-13(12)17/h1-7H,8,17H2,(H,18,19). The Hall–Kier alpha value is -1.33. The summed E-state index contributed by atoms with van der Waals surface area (Å²) < 4.78 is 1.82. The zero-order valence-corrected chi connectivity index (χ0v) is 13.2. The number of hydrogen-bond donors (Lipinski definition) is 2. The topological polar surface area (TPSA) is 55.1 Å². The summed E-state index contributed by atoms with van der Waals surface area (Å²) in [7, 11) is 0. The van der Waals surface area contributed by atoms with Gasteiger partial charge in [-0.2, -0.15) is 0 Å². The lowest BCUT2D eigenvalue weighted by molar-refractivity contribution is 0.0951. The van der Waals surface area contributed by atoms with E-state index in [2.05, 4.69) is 37.2 Å². The van der Waals surface area contributed by atoms with Gasteiger partial charge in [0, 0.05) is 21.2 Å². The fourth-order valence-electron chi connectivity index (χ4n) is 1.65. The molecule has 0 unspecified atom stereocenters. The maximum Gasteiger partial charge on any atom is 0.253 e. The van der Waals surface area contributed by atoms with Crippen molar-refractivity contribution in [3.63, 3.8) is 0 Å². The Kier molecular flexibility index (Phi) is 4.61. The Morgan fingerprint density at radius 3 is 2.58 bits per heavy atom. The van der Waals surface area contributed by atoms with Crippen molar-refractivity contribution in [1.29, 1.82) is 0 Å². The molecule has 5 heteroatoms. The predicted octanol–water partition coefficient (Wildman–Crippen LogP) is 3.72.